The van der Waals surface area contributed by atoms with Gasteiger partial charge >= 0.3 is 6.01 Å². The fourth-order valence-corrected chi connectivity index (χ4v) is 0.756. The van der Waals surface area contributed by atoms with Crippen molar-refractivity contribution in [3.05, 3.63) is 12.0 Å². The maximum absolute atomic E-state index is 11.4. The molecule has 1 aromatic heterocycles. The quantitative estimate of drug-likeness (QED) is 0.814. The van der Waals surface area contributed by atoms with Gasteiger partial charge < -0.3 is 4.42 Å². The molecule has 1 N–H and O–H groups in total. The summed E-state index contributed by atoms with van der Waals surface area (Å²) in [5, 5.41) is 2.54. The highest BCUT2D eigenvalue weighted by atomic mass is 79.9. The Morgan fingerprint density at radius 2 is 2.31 bits per heavy atom. The molecular formula is C8H11BrN2O2. The number of anilines is 1. The maximum Gasteiger partial charge on any atom is 0.301 e. The van der Waals surface area contributed by atoms with Gasteiger partial charge in [0.25, 0.3) is 0 Å². The summed E-state index contributed by atoms with van der Waals surface area (Å²) in [7, 11) is 0. The van der Waals surface area contributed by atoms with Crippen molar-refractivity contribution in [3.8, 4) is 0 Å². The van der Waals surface area contributed by atoms with Crippen LogP contribution in [0.2, 0.25) is 0 Å². The van der Waals surface area contributed by atoms with Gasteiger partial charge in [-0.05, 0) is 20.8 Å². The molecule has 1 aromatic rings. The van der Waals surface area contributed by atoms with E-state index in [1.54, 1.807) is 20.8 Å². The zero-order valence-corrected chi connectivity index (χ0v) is 9.31. The molecule has 0 spiro atoms. The van der Waals surface area contributed by atoms with E-state index in [1.807, 2.05) is 0 Å². The number of amides is 1. The molecule has 0 bridgehead atoms. The van der Waals surface area contributed by atoms with Gasteiger partial charge in [-0.15, -0.1) is 0 Å². The summed E-state index contributed by atoms with van der Waals surface area (Å²) in [4.78, 5) is 15.3. The second-order valence-corrected chi connectivity index (χ2v) is 5.20. The van der Waals surface area contributed by atoms with Gasteiger partial charge in [-0.2, -0.15) is 4.98 Å². The summed E-state index contributed by atoms with van der Waals surface area (Å²) in [6.07, 6.45) is 1.48. The standard InChI is InChI=1S/C8H11BrN2O2/c1-5-4-13-7(10-5)11-6(12)8(2,3)9/h4H,1-3H3,(H,10,11,12). The van der Waals surface area contributed by atoms with Crippen molar-refractivity contribution in [3.63, 3.8) is 0 Å². The zero-order chi connectivity index (χ0) is 10.1. The molecule has 0 aliphatic rings. The first-order chi connectivity index (χ1) is 5.89. The van der Waals surface area contributed by atoms with E-state index in [4.69, 9.17) is 4.42 Å². The largest absolute Gasteiger partial charge is 0.432 e. The first-order valence-electron chi connectivity index (χ1n) is 3.82. The lowest BCUT2D eigenvalue weighted by atomic mass is 10.2. The topological polar surface area (TPSA) is 55.1 Å². The van der Waals surface area contributed by atoms with E-state index in [0.717, 1.165) is 5.69 Å². The average Bonchev–Trinajstić information content (AvgIpc) is 2.33. The predicted octanol–water partition coefficient (Wildman–Crippen LogP) is 2.10. The minimum atomic E-state index is -0.616. The summed E-state index contributed by atoms with van der Waals surface area (Å²) < 4.78 is 4.35. The molecule has 0 aliphatic carbocycles. The fourth-order valence-electron chi connectivity index (χ4n) is 0.657. The van der Waals surface area contributed by atoms with Crippen molar-refractivity contribution in [2.45, 2.75) is 25.1 Å². The summed E-state index contributed by atoms with van der Waals surface area (Å²) in [5.74, 6) is -0.186. The summed E-state index contributed by atoms with van der Waals surface area (Å²) in [6.45, 7) is 5.29. The number of halogens is 1. The van der Waals surface area contributed by atoms with Crippen LogP contribution in [-0.2, 0) is 4.79 Å². The Balaban J connectivity index is 2.65. The number of rotatable bonds is 2. The molecule has 0 saturated carbocycles. The number of nitrogens with zero attached hydrogens (tertiary/aromatic N) is 1. The van der Waals surface area contributed by atoms with E-state index >= 15 is 0 Å². The Bertz CT molecular complexity index is 314. The van der Waals surface area contributed by atoms with Crippen molar-refractivity contribution in [1.29, 1.82) is 0 Å². The monoisotopic (exact) mass is 246 g/mol. The van der Waals surface area contributed by atoms with Crippen LogP contribution in [0.5, 0.6) is 0 Å². The van der Waals surface area contributed by atoms with Crippen LogP contribution in [0.15, 0.2) is 10.7 Å². The van der Waals surface area contributed by atoms with E-state index in [9.17, 15) is 4.79 Å². The molecule has 5 heteroatoms. The van der Waals surface area contributed by atoms with Crippen LogP contribution < -0.4 is 5.32 Å². The lowest BCUT2D eigenvalue weighted by Crippen LogP contribution is -2.31. The number of alkyl halides is 1. The van der Waals surface area contributed by atoms with Crippen molar-refractivity contribution in [1.82, 2.24) is 4.98 Å². The molecule has 0 atom stereocenters. The molecule has 0 radical (unpaired) electrons. The number of nitrogens with one attached hydrogen (secondary N) is 1. The molecule has 0 aromatic carbocycles. The second kappa shape index (κ2) is 3.49. The highest BCUT2D eigenvalue weighted by molar-refractivity contribution is 9.10. The minimum absolute atomic E-state index is 0.186. The van der Waals surface area contributed by atoms with Crippen molar-refractivity contribution in [2.24, 2.45) is 0 Å². The van der Waals surface area contributed by atoms with Gasteiger partial charge in [0, 0.05) is 0 Å². The molecule has 1 rings (SSSR count). The number of carbonyl (C=O) groups excluding carboxylic acids is 1. The average molecular weight is 247 g/mol. The summed E-state index contributed by atoms with van der Waals surface area (Å²) in [5.41, 5.74) is 0.739. The van der Waals surface area contributed by atoms with Crippen LogP contribution in [0.25, 0.3) is 0 Å². The normalized spacial score (nSPS) is 11.4. The number of oxazole rings is 1. The van der Waals surface area contributed by atoms with Crippen molar-refractivity contribution < 1.29 is 9.21 Å². The number of aromatic nitrogens is 1. The highest BCUT2D eigenvalue weighted by Crippen LogP contribution is 2.18. The van der Waals surface area contributed by atoms with Gasteiger partial charge in [-0.3, -0.25) is 10.1 Å². The summed E-state index contributed by atoms with van der Waals surface area (Å²) in [6, 6.07) is 0.232. The van der Waals surface area contributed by atoms with Crippen molar-refractivity contribution >= 4 is 27.9 Å². The Kier molecular flexibility index (Phi) is 2.75. The van der Waals surface area contributed by atoms with Crippen LogP contribution >= 0.6 is 15.9 Å². The Hall–Kier alpha value is -0.840. The van der Waals surface area contributed by atoms with Crippen LogP contribution in [0.3, 0.4) is 0 Å². The Labute approximate surface area is 84.8 Å². The molecule has 0 fully saturated rings. The van der Waals surface area contributed by atoms with Crippen LogP contribution in [0.4, 0.5) is 6.01 Å². The van der Waals surface area contributed by atoms with Crippen molar-refractivity contribution in [2.75, 3.05) is 5.32 Å². The van der Waals surface area contributed by atoms with E-state index in [-0.39, 0.29) is 11.9 Å². The lowest BCUT2D eigenvalue weighted by molar-refractivity contribution is -0.117. The third kappa shape index (κ3) is 2.84. The highest BCUT2D eigenvalue weighted by Gasteiger charge is 2.24. The molecule has 0 aliphatic heterocycles. The smallest absolute Gasteiger partial charge is 0.301 e. The Morgan fingerprint density at radius 3 is 2.69 bits per heavy atom. The minimum Gasteiger partial charge on any atom is -0.432 e. The lowest BCUT2D eigenvalue weighted by Gasteiger charge is -2.13. The predicted molar refractivity (Wildman–Crippen MR) is 52.9 cm³/mol. The van der Waals surface area contributed by atoms with Gasteiger partial charge in [0.2, 0.25) is 5.91 Å². The van der Waals surface area contributed by atoms with Gasteiger partial charge in [0.15, 0.2) is 0 Å². The first-order valence-corrected chi connectivity index (χ1v) is 4.61. The van der Waals surface area contributed by atoms with E-state index in [0.29, 0.717) is 0 Å². The van der Waals surface area contributed by atoms with Gasteiger partial charge in [-0.1, -0.05) is 15.9 Å². The van der Waals surface area contributed by atoms with Crippen LogP contribution in [0.1, 0.15) is 19.5 Å². The van der Waals surface area contributed by atoms with Gasteiger partial charge in [-0.25, -0.2) is 0 Å². The van der Waals surface area contributed by atoms with E-state index in [2.05, 4.69) is 26.2 Å². The molecule has 1 amide bonds. The molecule has 0 unspecified atom stereocenters. The maximum atomic E-state index is 11.4. The fraction of sp³-hybridized carbons (Fsp3) is 0.500. The molecule has 1 heterocycles. The zero-order valence-electron chi connectivity index (χ0n) is 7.72. The molecule has 13 heavy (non-hydrogen) atoms. The van der Waals surface area contributed by atoms with Crippen LogP contribution in [-0.4, -0.2) is 15.2 Å². The molecular weight excluding hydrogens is 236 g/mol. The number of carbonyl (C=O) groups is 1. The first kappa shape index (κ1) is 10.2. The molecule has 72 valence electrons. The Morgan fingerprint density at radius 1 is 1.69 bits per heavy atom. The number of aryl methyl sites for hydroxylation is 1. The third-order valence-corrected chi connectivity index (χ3v) is 1.74. The molecule has 4 nitrogen and oxygen atoms in total. The van der Waals surface area contributed by atoms with Gasteiger partial charge in [0.05, 0.1) is 10.0 Å². The SMILES string of the molecule is Cc1coc(NC(=O)C(C)(C)Br)n1. The van der Waals surface area contributed by atoms with Crippen LogP contribution in [0, 0.1) is 6.92 Å². The number of hydrogen-bond donors (Lipinski definition) is 1. The van der Waals surface area contributed by atoms with E-state index in [1.165, 1.54) is 6.26 Å². The van der Waals surface area contributed by atoms with E-state index < -0.39 is 4.32 Å². The number of hydrogen-bond acceptors (Lipinski definition) is 3. The van der Waals surface area contributed by atoms with Gasteiger partial charge in [0.1, 0.15) is 6.26 Å². The summed E-state index contributed by atoms with van der Waals surface area (Å²) >= 11 is 3.23. The third-order valence-electron chi connectivity index (χ3n) is 1.38. The second-order valence-electron chi connectivity index (χ2n) is 3.22. The molecule has 0 saturated heterocycles.